The molecule has 0 aliphatic carbocycles. The average molecular weight is 336 g/mol. The molecule has 3 aromatic rings. The van der Waals surface area contributed by atoms with Crippen LogP contribution in [0, 0.1) is 13.8 Å². The number of ether oxygens (including phenoxy) is 1. The predicted octanol–water partition coefficient (Wildman–Crippen LogP) is 3.58. The van der Waals surface area contributed by atoms with Crippen molar-refractivity contribution in [2.24, 2.45) is 0 Å². The minimum atomic E-state index is -0.525. The van der Waals surface area contributed by atoms with Gasteiger partial charge in [0.05, 0.1) is 5.56 Å². The zero-order chi connectivity index (χ0) is 18.0. The number of esters is 1. The fourth-order valence-electron chi connectivity index (χ4n) is 2.53. The lowest BCUT2D eigenvalue weighted by Crippen LogP contribution is -2.08. The molecule has 0 fully saturated rings. The maximum absolute atomic E-state index is 12.1. The molecule has 0 aliphatic rings. The molecular weight excluding hydrogens is 320 g/mol. The van der Waals surface area contributed by atoms with Crippen LogP contribution in [0.1, 0.15) is 37.4 Å². The van der Waals surface area contributed by atoms with Crippen LogP contribution in [-0.4, -0.2) is 12.3 Å². The topological polar surface area (TPSA) is 73.6 Å². The highest BCUT2D eigenvalue weighted by Gasteiger charge is 2.12. The number of rotatable bonds is 4. The molecule has 0 bridgehead atoms. The molecule has 1 aromatic heterocycles. The van der Waals surface area contributed by atoms with E-state index in [1.54, 1.807) is 18.2 Å². The molecule has 0 N–H and O–H groups in total. The first kappa shape index (κ1) is 16.6. The molecule has 25 heavy (non-hydrogen) atoms. The minimum absolute atomic E-state index is 0.0428. The van der Waals surface area contributed by atoms with Gasteiger partial charge in [-0.3, -0.25) is 4.79 Å². The molecule has 0 saturated heterocycles. The number of carbonyl (C=O) groups excluding carboxylic acids is 2. The standard InChI is InChI=1S/C20H16O5/c1-12-7-17-16(9-19(22)25-18(17)8-13(12)2)11-24-20(23)15-5-3-14(10-21)4-6-15/h3-10H,11H2,1-2H3. The van der Waals surface area contributed by atoms with Crippen LogP contribution in [0.15, 0.2) is 51.7 Å². The smallest absolute Gasteiger partial charge is 0.338 e. The molecule has 126 valence electrons. The molecule has 0 aliphatic heterocycles. The van der Waals surface area contributed by atoms with E-state index in [-0.39, 0.29) is 6.61 Å². The lowest BCUT2D eigenvalue weighted by Gasteiger charge is -2.09. The highest BCUT2D eigenvalue weighted by Crippen LogP contribution is 2.22. The van der Waals surface area contributed by atoms with Crippen molar-refractivity contribution >= 4 is 23.2 Å². The van der Waals surface area contributed by atoms with Crippen molar-refractivity contribution in [3.05, 3.63) is 80.7 Å². The Balaban J connectivity index is 1.87. The largest absolute Gasteiger partial charge is 0.457 e. The lowest BCUT2D eigenvalue weighted by atomic mass is 10.0. The van der Waals surface area contributed by atoms with Crippen molar-refractivity contribution in [1.82, 2.24) is 0 Å². The summed E-state index contributed by atoms with van der Waals surface area (Å²) in [6, 6.07) is 11.2. The Morgan fingerprint density at radius 1 is 1.08 bits per heavy atom. The molecule has 0 unspecified atom stereocenters. The van der Waals surface area contributed by atoms with Crippen molar-refractivity contribution in [3.8, 4) is 0 Å². The van der Waals surface area contributed by atoms with Gasteiger partial charge in [-0.2, -0.15) is 0 Å². The van der Waals surface area contributed by atoms with Gasteiger partial charge in [-0.15, -0.1) is 0 Å². The average Bonchev–Trinajstić information content (AvgIpc) is 2.61. The Kier molecular flexibility index (Phi) is 4.48. The van der Waals surface area contributed by atoms with Gasteiger partial charge < -0.3 is 9.15 Å². The number of benzene rings is 2. The van der Waals surface area contributed by atoms with E-state index in [1.165, 1.54) is 18.2 Å². The van der Waals surface area contributed by atoms with Crippen LogP contribution in [0.2, 0.25) is 0 Å². The highest BCUT2D eigenvalue weighted by atomic mass is 16.5. The molecular formula is C20H16O5. The molecule has 3 rings (SSSR count). The van der Waals surface area contributed by atoms with Gasteiger partial charge >= 0.3 is 11.6 Å². The molecule has 5 nitrogen and oxygen atoms in total. The van der Waals surface area contributed by atoms with Gasteiger partial charge in [-0.25, -0.2) is 9.59 Å². The molecule has 5 heteroatoms. The Morgan fingerprint density at radius 2 is 1.76 bits per heavy atom. The predicted molar refractivity (Wildman–Crippen MR) is 92.9 cm³/mol. The molecule has 1 heterocycles. The van der Waals surface area contributed by atoms with E-state index in [2.05, 4.69) is 0 Å². The summed E-state index contributed by atoms with van der Waals surface area (Å²) in [5.74, 6) is -0.525. The SMILES string of the molecule is Cc1cc2oc(=O)cc(COC(=O)c3ccc(C=O)cc3)c2cc1C. The van der Waals surface area contributed by atoms with Crippen LogP contribution < -0.4 is 5.63 Å². The van der Waals surface area contributed by atoms with Crippen LogP contribution >= 0.6 is 0 Å². The Bertz CT molecular complexity index is 1010. The molecule has 0 spiro atoms. The van der Waals surface area contributed by atoms with Crippen molar-refractivity contribution in [1.29, 1.82) is 0 Å². The molecule has 2 aromatic carbocycles. The number of hydrogen-bond donors (Lipinski definition) is 0. The summed E-state index contributed by atoms with van der Waals surface area (Å²) in [4.78, 5) is 34.5. The van der Waals surface area contributed by atoms with Gasteiger partial charge in [-0.05, 0) is 49.2 Å². The number of fused-ring (bicyclic) bond motifs is 1. The third-order valence-electron chi connectivity index (χ3n) is 4.09. The zero-order valence-electron chi connectivity index (χ0n) is 13.9. The second-order valence-electron chi connectivity index (χ2n) is 5.84. The summed E-state index contributed by atoms with van der Waals surface area (Å²) in [5, 5.41) is 0.742. The van der Waals surface area contributed by atoms with Gasteiger partial charge in [0.2, 0.25) is 0 Å². The van der Waals surface area contributed by atoms with Gasteiger partial charge in [0.1, 0.15) is 18.5 Å². The molecule has 0 radical (unpaired) electrons. The normalized spacial score (nSPS) is 10.6. The fraction of sp³-hybridized carbons (Fsp3) is 0.150. The van der Waals surface area contributed by atoms with Crippen LogP contribution in [0.5, 0.6) is 0 Å². The van der Waals surface area contributed by atoms with E-state index in [1.807, 2.05) is 19.9 Å². The minimum Gasteiger partial charge on any atom is -0.457 e. The Hall–Kier alpha value is -3.21. The summed E-state index contributed by atoms with van der Waals surface area (Å²) in [6.45, 7) is 3.85. The summed E-state index contributed by atoms with van der Waals surface area (Å²) in [6.07, 6.45) is 0.703. The zero-order valence-corrected chi connectivity index (χ0v) is 13.9. The maximum atomic E-state index is 12.1. The van der Waals surface area contributed by atoms with Gasteiger partial charge in [-0.1, -0.05) is 12.1 Å². The van der Waals surface area contributed by atoms with Crippen molar-refractivity contribution in [2.45, 2.75) is 20.5 Å². The van der Waals surface area contributed by atoms with E-state index >= 15 is 0 Å². The Morgan fingerprint density at radius 3 is 2.44 bits per heavy atom. The van der Waals surface area contributed by atoms with Gasteiger partial charge in [0.15, 0.2) is 0 Å². The van der Waals surface area contributed by atoms with Gasteiger partial charge in [0.25, 0.3) is 0 Å². The van der Waals surface area contributed by atoms with Crippen LogP contribution in [-0.2, 0) is 11.3 Å². The summed E-state index contributed by atoms with van der Waals surface area (Å²) in [7, 11) is 0. The van der Waals surface area contributed by atoms with E-state index < -0.39 is 11.6 Å². The first-order valence-electron chi connectivity index (χ1n) is 7.74. The third-order valence-corrected chi connectivity index (χ3v) is 4.09. The second kappa shape index (κ2) is 6.73. The van der Waals surface area contributed by atoms with E-state index in [9.17, 15) is 14.4 Å². The Labute approximate surface area is 143 Å². The molecule has 0 saturated carbocycles. The highest BCUT2D eigenvalue weighted by molar-refractivity contribution is 5.90. The van der Waals surface area contributed by atoms with E-state index in [0.29, 0.717) is 28.6 Å². The van der Waals surface area contributed by atoms with Crippen LogP contribution in [0.3, 0.4) is 0 Å². The maximum Gasteiger partial charge on any atom is 0.338 e. The van der Waals surface area contributed by atoms with Gasteiger partial charge in [0, 0.05) is 22.6 Å². The lowest BCUT2D eigenvalue weighted by molar-refractivity contribution is 0.0473. The number of aryl methyl sites for hydroxylation is 2. The summed E-state index contributed by atoms with van der Waals surface area (Å²) >= 11 is 0. The summed E-state index contributed by atoms with van der Waals surface area (Å²) < 4.78 is 10.5. The molecule has 0 atom stereocenters. The monoisotopic (exact) mass is 336 g/mol. The first-order valence-corrected chi connectivity index (χ1v) is 7.74. The number of aldehydes is 1. The fourth-order valence-corrected chi connectivity index (χ4v) is 2.53. The first-order chi connectivity index (χ1) is 12.0. The van der Waals surface area contributed by atoms with E-state index in [0.717, 1.165) is 16.5 Å². The quantitative estimate of drug-likeness (QED) is 0.414. The second-order valence-corrected chi connectivity index (χ2v) is 5.84. The van der Waals surface area contributed by atoms with Crippen molar-refractivity contribution < 1.29 is 18.7 Å². The number of hydrogen-bond acceptors (Lipinski definition) is 5. The van der Waals surface area contributed by atoms with Crippen molar-refractivity contribution in [2.75, 3.05) is 0 Å². The van der Waals surface area contributed by atoms with E-state index in [4.69, 9.17) is 9.15 Å². The molecule has 0 amide bonds. The summed E-state index contributed by atoms with van der Waals surface area (Å²) in [5.41, 5.74) is 3.46. The number of carbonyl (C=O) groups is 2. The van der Waals surface area contributed by atoms with Crippen molar-refractivity contribution in [3.63, 3.8) is 0 Å². The van der Waals surface area contributed by atoms with Crippen LogP contribution in [0.25, 0.3) is 11.0 Å². The van der Waals surface area contributed by atoms with Crippen LogP contribution in [0.4, 0.5) is 0 Å². The third kappa shape index (κ3) is 3.50.